The first-order chi connectivity index (χ1) is 16.4. The quantitative estimate of drug-likeness (QED) is 0.330. The van der Waals surface area contributed by atoms with Crippen LogP contribution in [0.2, 0.25) is 5.02 Å². The number of amides is 1. The lowest BCUT2D eigenvalue weighted by Gasteiger charge is -2.21. The molecule has 0 aliphatic carbocycles. The molecule has 8 heteroatoms. The van der Waals surface area contributed by atoms with Gasteiger partial charge in [0, 0.05) is 11.6 Å². The molecule has 0 spiro atoms. The highest BCUT2D eigenvalue weighted by molar-refractivity contribution is 7.89. The molecule has 0 atom stereocenters. The molecule has 0 radical (unpaired) electrons. The van der Waals surface area contributed by atoms with Crippen molar-refractivity contribution in [3.8, 4) is 0 Å². The smallest absolute Gasteiger partial charge is 0.255 e. The molecular weight excluding hydrogens is 482 g/mol. The largest absolute Gasteiger partial charge is 0.272 e. The highest BCUT2D eigenvalue weighted by Crippen LogP contribution is 2.22. The molecule has 184 valence electrons. The Hall–Kier alpha value is -3.00. The molecule has 35 heavy (non-hydrogen) atoms. The molecule has 0 saturated carbocycles. The number of rotatable bonds is 8. The van der Waals surface area contributed by atoms with Gasteiger partial charge < -0.3 is 0 Å². The number of hydrogen-bond acceptors (Lipinski definition) is 4. The van der Waals surface area contributed by atoms with Crippen LogP contribution >= 0.6 is 11.6 Å². The van der Waals surface area contributed by atoms with Gasteiger partial charge in [-0.3, -0.25) is 4.79 Å². The second-order valence-corrected chi connectivity index (χ2v) is 11.8. The molecule has 0 bridgehead atoms. The molecule has 0 aliphatic rings. The van der Waals surface area contributed by atoms with Gasteiger partial charge in [0.05, 0.1) is 17.7 Å². The van der Waals surface area contributed by atoms with Crippen LogP contribution in [0, 0.1) is 6.92 Å². The second-order valence-electron chi connectivity index (χ2n) is 9.38. The van der Waals surface area contributed by atoms with E-state index in [1.807, 2.05) is 31.2 Å². The van der Waals surface area contributed by atoms with Gasteiger partial charge in [-0.25, -0.2) is 13.8 Å². The lowest BCUT2D eigenvalue weighted by Crippen LogP contribution is -2.39. The lowest BCUT2D eigenvalue weighted by molar-refractivity contribution is -0.121. The average molecular weight is 512 g/mol. The van der Waals surface area contributed by atoms with E-state index in [0.717, 1.165) is 15.4 Å². The van der Waals surface area contributed by atoms with Crippen molar-refractivity contribution in [2.24, 2.45) is 5.10 Å². The zero-order valence-corrected chi connectivity index (χ0v) is 21.9. The lowest BCUT2D eigenvalue weighted by atomic mass is 9.87. The van der Waals surface area contributed by atoms with E-state index in [1.165, 1.54) is 23.9 Å². The van der Waals surface area contributed by atoms with Crippen molar-refractivity contribution >= 4 is 33.7 Å². The number of hydrazone groups is 1. The second kappa shape index (κ2) is 11.2. The van der Waals surface area contributed by atoms with Crippen molar-refractivity contribution in [3.63, 3.8) is 0 Å². The van der Waals surface area contributed by atoms with Crippen molar-refractivity contribution in [2.45, 2.75) is 44.6 Å². The Morgan fingerprint density at radius 3 is 2.29 bits per heavy atom. The molecular formula is C27H30ClN3O3S. The maximum atomic E-state index is 13.4. The molecule has 6 nitrogen and oxygen atoms in total. The molecule has 1 amide bonds. The minimum atomic E-state index is -3.94. The third-order valence-electron chi connectivity index (χ3n) is 5.41. The predicted octanol–water partition coefficient (Wildman–Crippen LogP) is 5.29. The van der Waals surface area contributed by atoms with Crippen molar-refractivity contribution in [3.05, 3.63) is 100 Å². The van der Waals surface area contributed by atoms with E-state index in [1.54, 1.807) is 36.4 Å². The Morgan fingerprint density at radius 2 is 1.69 bits per heavy atom. The number of hydrogen-bond donors (Lipinski definition) is 1. The van der Waals surface area contributed by atoms with Crippen LogP contribution in [0.4, 0.5) is 0 Å². The van der Waals surface area contributed by atoms with Gasteiger partial charge >= 0.3 is 0 Å². The van der Waals surface area contributed by atoms with Gasteiger partial charge in [-0.05, 0) is 53.3 Å². The van der Waals surface area contributed by atoms with Gasteiger partial charge in [-0.15, -0.1) is 0 Å². The number of benzene rings is 3. The number of nitrogens with zero attached hydrogens (tertiary/aromatic N) is 2. The van der Waals surface area contributed by atoms with Crippen molar-refractivity contribution in [1.29, 1.82) is 0 Å². The van der Waals surface area contributed by atoms with Crippen LogP contribution < -0.4 is 5.43 Å². The zero-order valence-electron chi connectivity index (χ0n) is 20.3. The Bertz CT molecular complexity index is 1300. The van der Waals surface area contributed by atoms with Gasteiger partial charge in [-0.1, -0.05) is 86.5 Å². The van der Waals surface area contributed by atoms with Gasteiger partial charge in [0.25, 0.3) is 5.91 Å². The number of aryl methyl sites for hydroxylation is 1. The van der Waals surface area contributed by atoms with Crippen LogP contribution in [-0.2, 0) is 26.8 Å². The third-order valence-corrected chi connectivity index (χ3v) is 7.45. The number of carbonyl (C=O) groups is 1. The Morgan fingerprint density at radius 1 is 1.03 bits per heavy atom. The molecule has 0 aliphatic heterocycles. The van der Waals surface area contributed by atoms with E-state index in [-0.39, 0.29) is 16.9 Å². The minimum absolute atomic E-state index is 0.0117. The molecule has 3 aromatic carbocycles. The number of nitrogens with one attached hydrogen (secondary N) is 1. The fourth-order valence-electron chi connectivity index (χ4n) is 3.37. The van der Waals surface area contributed by atoms with Gasteiger partial charge in [0.1, 0.15) is 0 Å². The van der Waals surface area contributed by atoms with Crippen molar-refractivity contribution in [2.75, 3.05) is 6.54 Å². The predicted molar refractivity (Wildman–Crippen MR) is 141 cm³/mol. The van der Waals surface area contributed by atoms with Crippen LogP contribution in [-0.4, -0.2) is 31.4 Å². The summed E-state index contributed by atoms with van der Waals surface area (Å²) in [6, 6.07) is 21.3. The molecule has 3 aromatic rings. The minimum Gasteiger partial charge on any atom is -0.272 e. The highest BCUT2D eigenvalue weighted by atomic mass is 35.5. The van der Waals surface area contributed by atoms with E-state index in [0.29, 0.717) is 10.6 Å². The first-order valence-corrected chi connectivity index (χ1v) is 13.0. The van der Waals surface area contributed by atoms with Crippen LogP contribution in [0.25, 0.3) is 0 Å². The van der Waals surface area contributed by atoms with Crippen LogP contribution in [0.15, 0.2) is 82.8 Å². The fourth-order valence-corrected chi connectivity index (χ4v) is 4.96. The number of halogens is 1. The Balaban J connectivity index is 1.75. The maximum Gasteiger partial charge on any atom is 0.255 e. The van der Waals surface area contributed by atoms with E-state index in [4.69, 9.17) is 11.6 Å². The van der Waals surface area contributed by atoms with Crippen LogP contribution in [0.1, 0.15) is 43.0 Å². The van der Waals surface area contributed by atoms with Gasteiger partial charge in [0.15, 0.2) is 0 Å². The van der Waals surface area contributed by atoms with Gasteiger partial charge in [0.2, 0.25) is 10.0 Å². The van der Waals surface area contributed by atoms with Crippen LogP contribution in [0.3, 0.4) is 0 Å². The molecule has 0 aromatic heterocycles. The summed E-state index contributed by atoms with van der Waals surface area (Å²) in [5.74, 6) is -0.551. The summed E-state index contributed by atoms with van der Waals surface area (Å²) >= 11 is 6.08. The molecule has 1 N–H and O–H groups in total. The third kappa shape index (κ3) is 7.49. The summed E-state index contributed by atoms with van der Waals surface area (Å²) in [6.07, 6.45) is 1.53. The topological polar surface area (TPSA) is 78.8 Å². The average Bonchev–Trinajstić information content (AvgIpc) is 2.79. The number of sulfonamides is 1. The van der Waals surface area contributed by atoms with Gasteiger partial charge in [-0.2, -0.15) is 9.41 Å². The Kier molecular flexibility index (Phi) is 8.48. The fraction of sp³-hybridized carbons (Fsp3) is 0.259. The first kappa shape index (κ1) is 26.6. The standard InChI is InChI=1S/C27H30ClN3O3S/c1-20-8-14-25(15-9-20)35(33,34)31(18-22-6-5-7-24(28)16-22)19-26(32)30-29-17-21-10-12-23(13-11-21)27(2,3)4/h5-17H,18-19H2,1-4H3,(H,30,32)/b29-17-. The summed E-state index contributed by atoms with van der Waals surface area (Å²) in [4.78, 5) is 12.8. The summed E-state index contributed by atoms with van der Waals surface area (Å²) in [5.41, 5.74) is 6.10. The summed E-state index contributed by atoms with van der Waals surface area (Å²) in [5, 5.41) is 4.49. The Labute approximate surface area is 212 Å². The SMILES string of the molecule is Cc1ccc(S(=O)(=O)N(CC(=O)N/N=C\c2ccc(C(C)(C)C)cc2)Cc2cccc(Cl)c2)cc1. The van der Waals surface area contributed by atoms with E-state index in [2.05, 4.69) is 31.3 Å². The molecule has 3 rings (SSSR count). The first-order valence-electron chi connectivity index (χ1n) is 11.2. The summed E-state index contributed by atoms with van der Waals surface area (Å²) < 4.78 is 27.8. The summed E-state index contributed by atoms with van der Waals surface area (Å²) in [6.45, 7) is 7.87. The molecule has 0 saturated heterocycles. The van der Waals surface area contributed by atoms with E-state index >= 15 is 0 Å². The maximum absolute atomic E-state index is 13.4. The molecule has 0 fully saturated rings. The molecule has 0 unspecified atom stereocenters. The zero-order chi connectivity index (χ0) is 25.6. The monoisotopic (exact) mass is 511 g/mol. The highest BCUT2D eigenvalue weighted by Gasteiger charge is 2.27. The van der Waals surface area contributed by atoms with Crippen molar-refractivity contribution < 1.29 is 13.2 Å². The van der Waals surface area contributed by atoms with E-state index in [9.17, 15) is 13.2 Å². The normalized spacial score (nSPS) is 12.3. The van der Waals surface area contributed by atoms with Crippen LogP contribution in [0.5, 0.6) is 0 Å². The van der Waals surface area contributed by atoms with Crippen molar-refractivity contribution in [1.82, 2.24) is 9.73 Å². The van der Waals surface area contributed by atoms with E-state index < -0.39 is 22.5 Å². The molecule has 0 heterocycles. The summed E-state index contributed by atoms with van der Waals surface area (Å²) in [7, 11) is -3.94. The number of carbonyl (C=O) groups excluding carboxylic acids is 1.